The number of hydrogen-bond acceptors (Lipinski definition) is 3. The van der Waals surface area contributed by atoms with Crippen molar-refractivity contribution in [2.24, 2.45) is 0 Å². The Morgan fingerprint density at radius 3 is 2.53 bits per heavy atom. The van der Waals surface area contributed by atoms with Gasteiger partial charge in [0.1, 0.15) is 5.60 Å². The molecule has 0 aliphatic heterocycles. The molecule has 0 atom stereocenters. The maximum Gasteiger partial charge on any atom is 0.412 e. The van der Waals surface area contributed by atoms with Crippen LogP contribution in [-0.4, -0.2) is 16.7 Å². The third kappa shape index (κ3) is 4.30. The molecule has 0 spiro atoms. The monoisotopic (exact) mass is 210 g/mol. The number of rotatable bonds is 1. The first-order chi connectivity index (χ1) is 6.87. The summed E-state index contributed by atoms with van der Waals surface area (Å²) in [5.41, 5.74) is -0.264. The number of aromatic amines is 1. The average molecular weight is 210 g/mol. The summed E-state index contributed by atoms with van der Waals surface area (Å²) in [6.07, 6.45) is 0.862. The molecule has 2 N–H and O–H groups in total. The standard InChI is InChI=1S/C10H14N2O3/c1-10(2,3)15-9(14)12-7-4-5-8(13)11-6-7/h4-6H,1-3H3,(H,11,13)(H,12,14). The molecule has 5 nitrogen and oxygen atoms in total. The summed E-state index contributed by atoms with van der Waals surface area (Å²) in [6.45, 7) is 5.33. The van der Waals surface area contributed by atoms with Crippen LogP contribution in [0.3, 0.4) is 0 Å². The van der Waals surface area contributed by atoms with E-state index in [-0.39, 0.29) is 5.56 Å². The first-order valence-electron chi connectivity index (χ1n) is 4.55. The number of aromatic nitrogens is 1. The predicted octanol–water partition coefficient (Wildman–Crippen LogP) is 1.72. The molecule has 0 aromatic carbocycles. The highest BCUT2D eigenvalue weighted by atomic mass is 16.6. The van der Waals surface area contributed by atoms with Crippen molar-refractivity contribution in [3.8, 4) is 0 Å². The molecule has 15 heavy (non-hydrogen) atoms. The van der Waals surface area contributed by atoms with Crippen molar-refractivity contribution in [2.75, 3.05) is 5.32 Å². The van der Waals surface area contributed by atoms with Crippen molar-refractivity contribution in [2.45, 2.75) is 26.4 Å². The number of pyridine rings is 1. The van der Waals surface area contributed by atoms with E-state index in [1.165, 1.54) is 18.3 Å². The fraction of sp³-hybridized carbons (Fsp3) is 0.400. The molecule has 1 aromatic heterocycles. The van der Waals surface area contributed by atoms with E-state index < -0.39 is 11.7 Å². The number of H-pyrrole nitrogens is 1. The minimum Gasteiger partial charge on any atom is -0.444 e. The number of anilines is 1. The van der Waals surface area contributed by atoms with Crippen LogP contribution in [0.4, 0.5) is 10.5 Å². The van der Waals surface area contributed by atoms with E-state index in [0.29, 0.717) is 5.69 Å². The number of ether oxygens (including phenoxy) is 1. The normalized spacial score (nSPS) is 10.9. The van der Waals surface area contributed by atoms with Gasteiger partial charge in [0.25, 0.3) is 0 Å². The molecule has 0 bridgehead atoms. The Labute approximate surface area is 87.5 Å². The van der Waals surface area contributed by atoms with E-state index in [0.717, 1.165) is 0 Å². The Hall–Kier alpha value is -1.78. The molecule has 0 saturated heterocycles. The highest BCUT2D eigenvalue weighted by molar-refractivity contribution is 5.84. The topological polar surface area (TPSA) is 71.2 Å². The maximum absolute atomic E-state index is 11.3. The van der Waals surface area contributed by atoms with Crippen molar-refractivity contribution in [1.29, 1.82) is 0 Å². The van der Waals surface area contributed by atoms with Gasteiger partial charge in [-0.3, -0.25) is 10.1 Å². The first-order valence-corrected chi connectivity index (χ1v) is 4.55. The van der Waals surface area contributed by atoms with Crippen LogP contribution >= 0.6 is 0 Å². The van der Waals surface area contributed by atoms with Gasteiger partial charge in [0, 0.05) is 12.3 Å². The van der Waals surface area contributed by atoms with Crippen molar-refractivity contribution < 1.29 is 9.53 Å². The first kappa shape index (κ1) is 11.3. The lowest BCUT2D eigenvalue weighted by molar-refractivity contribution is 0.0636. The smallest absolute Gasteiger partial charge is 0.412 e. The van der Waals surface area contributed by atoms with Gasteiger partial charge in [-0.05, 0) is 26.8 Å². The molecular weight excluding hydrogens is 196 g/mol. The Morgan fingerprint density at radius 2 is 2.07 bits per heavy atom. The van der Waals surface area contributed by atoms with Crippen molar-refractivity contribution in [3.63, 3.8) is 0 Å². The van der Waals surface area contributed by atoms with Crippen LogP contribution in [0, 0.1) is 0 Å². The molecule has 0 aliphatic carbocycles. The maximum atomic E-state index is 11.3. The van der Waals surface area contributed by atoms with Gasteiger partial charge in [-0.15, -0.1) is 0 Å². The Bertz CT molecular complexity index is 383. The zero-order valence-corrected chi connectivity index (χ0v) is 8.96. The lowest BCUT2D eigenvalue weighted by atomic mass is 10.2. The Balaban J connectivity index is 2.59. The van der Waals surface area contributed by atoms with E-state index in [1.807, 2.05) is 0 Å². The third-order valence-corrected chi connectivity index (χ3v) is 1.43. The van der Waals surface area contributed by atoms with Gasteiger partial charge in [-0.1, -0.05) is 0 Å². The Morgan fingerprint density at radius 1 is 1.40 bits per heavy atom. The van der Waals surface area contributed by atoms with Gasteiger partial charge in [-0.2, -0.15) is 0 Å². The van der Waals surface area contributed by atoms with Crippen LogP contribution in [0.15, 0.2) is 23.1 Å². The summed E-state index contributed by atoms with van der Waals surface area (Å²) in [5, 5.41) is 2.49. The lowest BCUT2D eigenvalue weighted by Gasteiger charge is -2.19. The molecule has 0 fully saturated rings. The minimum absolute atomic E-state index is 0.218. The average Bonchev–Trinajstić information content (AvgIpc) is 2.05. The van der Waals surface area contributed by atoms with E-state index in [2.05, 4.69) is 10.3 Å². The highest BCUT2D eigenvalue weighted by Gasteiger charge is 2.15. The molecule has 0 saturated carbocycles. The zero-order valence-electron chi connectivity index (χ0n) is 8.96. The van der Waals surface area contributed by atoms with Crippen LogP contribution in [0.25, 0.3) is 0 Å². The van der Waals surface area contributed by atoms with Crippen LogP contribution in [0.2, 0.25) is 0 Å². The predicted molar refractivity (Wildman–Crippen MR) is 56.9 cm³/mol. The lowest BCUT2D eigenvalue weighted by Crippen LogP contribution is -2.27. The van der Waals surface area contributed by atoms with Gasteiger partial charge in [0.15, 0.2) is 0 Å². The molecule has 1 aromatic rings. The quantitative estimate of drug-likeness (QED) is 0.741. The summed E-state index contributed by atoms with van der Waals surface area (Å²) in [4.78, 5) is 24.5. The second-order valence-corrected chi connectivity index (χ2v) is 4.07. The number of amides is 1. The summed E-state index contributed by atoms with van der Waals surface area (Å²) in [6, 6.07) is 2.83. The largest absolute Gasteiger partial charge is 0.444 e. The highest BCUT2D eigenvalue weighted by Crippen LogP contribution is 2.09. The van der Waals surface area contributed by atoms with E-state index in [4.69, 9.17) is 4.74 Å². The van der Waals surface area contributed by atoms with Crippen molar-refractivity contribution in [1.82, 2.24) is 4.98 Å². The number of hydrogen-bond donors (Lipinski definition) is 2. The van der Waals surface area contributed by atoms with Crippen LogP contribution in [-0.2, 0) is 4.74 Å². The van der Waals surface area contributed by atoms with Crippen LogP contribution in [0.5, 0.6) is 0 Å². The summed E-state index contributed by atoms with van der Waals surface area (Å²) in [5.74, 6) is 0. The van der Waals surface area contributed by atoms with Gasteiger partial charge in [-0.25, -0.2) is 4.79 Å². The number of carbonyl (C=O) groups is 1. The molecule has 1 heterocycles. The van der Waals surface area contributed by atoms with Gasteiger partial charge >= 0.3 is 6.09 Å². The summed E-state index contributed by atoms with van der Waals surface area (Å²) < 4.78 is 5.03. The SMILES string of the molecule is CC(C)(C)OC(=O)Nc1ccc(=O)[nH]c1. The second kappa shape index (κ2) is 4.16. The zero-order chi connectivity index (χ0) is 11.5. The van der Waals surface area contributed by atoms with Gasteiger partial charge in [0.2, 0.25) is 5.56 Å². The molecule has 1 amide bonds. The summed E-state index contributed by atoms with van der Waals surface area (Å²) in [7, 11) is 0. The second-order valence-electron chi connectivity index (χ2n) is 4.07. The Kier molecular flexibility index (Phi) is 3.14. The van der Waals surface area contributed by atoms with E-state index >= 15 is 0 Å². The van der Waals surface area contributed by atoms with Gasteiger partial charge in [0.05, 0.1) is 5.69 Å². The van der Waals surface area contributed by atoms with Crippen LogP contribution in [0.1, 0.15) is 20.8 Å². The van der Waals surface area contributed by atoms with Crippen LogP contribution < -0.4 is 10.9 Å². The van der Waals surface area contributed by atoms with E-state index in [9.17, 15) is 9.59 Å². The van der Waals surface area contributed by atoms with Gasteiger partial charge < -0.3 is 9.72 Å². The minimum atomic E-state index is -0.547. The molecule has 0 radical (unpaired) electrons. The summed E-state index contributed by atoms with van der Waals surface area (Å²) >= 11 is 0. The molecule has 5 heteroatoms. The molecule has 1 rings (SSSR count). The molecule has 82 valence electrons. The van der Waals surface area contributed by atoms with E-state index in [1.54, 1.807) is 20.8 Å². The molecular formula is C10H14N2O3. The molecule has 0 aliphatic rings. The van der Waals surface area contributed by atoms with Crippen molar-refractivity contribution in [3.05, 3.63) is 28.7 Å². The van der Waals surface area contributed by atoms with Crippen molar-refractivity contribution >= 4 is 11.8 Å². The fourth-order valence-corrected chi connectivity index (χ4v) is 0.910. The number of carbonyl (C=O) groups excluding carboxylic acids is 1. The number of nitrogens with one attached hydrogen (secondary N) is 2. The molecule has 0 unspecified atom stereocenters. The fourth-order valence-electron chi connectivity index (χ4n) is 0.910. The third-order valence-electron chi connectivity index (χ3n) is 1.43.